The molecule has 0 radical (unpaired) electrons. The van der Waals surface area contributed by atoms with Crippen molar-refractivity contribution in [3.8, 4) is 10.8 Å². The zero-order valence-corrected chi connectivity index (χ0v) is 8.55. The van der Waals surface area contributed by atoms with Gasteiger partial charge in [0.05, 0.1) is 5.92 Å². The van der Waals surface area contributed by atoms with Gasteiger partial charge in [-0.2, -0.15) is 0 Å². The molecule has 0 aromatic heterocycles. The fourth-order valence-corrected chi connectivity index (χ4v) is 1.94. The first kappa shape index (κ1) is 10.5. The number of alkyl halides is 1. The smallest absolute Gasteiger partial charge is 0.307 e. The lowest BCUT2D eigenvalue weighted by molar-refractivity contribution is -0.144. The van der Waals surface area contributed by atoms with Crippen molar-refractivity contribution >= 4 is 21.9 Å². The van der Waals surface area contributed by atoms with Crippen molar-refractivity contribution in [3.05, 3.63) is 0 Å². The fraction of sp³-hybridized carbons (Fsp3) is 0.667. The highest BCUT2D eigenvalue weighted by Crippen LogP contribution is 2.31. The second kappa shape index (κ2) is 4.61. The van der Waals surface area contributed by atoms with Crippen LogP contribution in [0.25, 0.3) is 0 Å². The largest absolute Gasteiger partial charge is 0.481 e. The number of carboxylic acid groups (broad SMARTS) is 1. The Bertz CT molecular complexity index is 256. The SMILES string of the molecule is O=C(O)C1CCC(F)CC1C#CBr. The second-order valence-electron chi connectivity index (χ2n) is 3.20. The van der Waals surface area contributed by atoms with Gasteiger partial charge in [-0.1, -0.05) is 5.92 Å². The molecule has 1 N–H and O–H groups in total. The molecule has 1 saturated carbocycles. The molecule has 0 aromatic rings. The van der Waals surface area contributed by atoms with Crippen LogP contribution in [0.5, 0.6) is 0 Å². The van der Waals surface area contributed by atoms with E-state index < -0.39 is 18.1 Å². The molecule has 1 fully saturated rings. The molecule has 0 amide bonds. The van der Waals surface area contributed by atoms with Crippen LogP contribution in [0.2, 0.25) is 0 Å². The third kappa shape index (κ3) is 2.70. The predicted octanol–water partition coefficient (Wildman–Crippen LogP) is 2.18. The Balaban J connectivity index is 2.69. The van der Waals surface area contributed by atoms with Crippen LogP contribution in [0, 0.1) is 22.6 Å². The summed E-state index contributed by atoms with van der Waals surface area (Å²) in [5, 5.41) is 8.82. The van der Waals surface area contributed by atoms with Gasteiger partial charge in [0, 0.05) is 21.8 Å². The summed E-state index contributed by atoms with van der Waals surface area (Å²) < 4.78 is 12.9. The number of carboxylic acids is 1. The maximum Gasteiger partial charge on any atom is 0.307 e. The molecule has 3 unspecified atom stereocenters. The summed E-state index contributed by atoms with van der Waals surface area (Å²) in [5.41, 5.74) is 0. The van der Waals surface area contributed by atoms with E-state index in [1.165, 1.54) is 0 Å². The molecule has 1 rings (SSSR count). The Hall–Kier alpha value is -0.560. The molecule has 0 spiro atoms. The lowest BCUT2D eigenvalue weighted by atomic mass is 9.79. The monoisotopic (exact) mass is 248 g/mol. The van der Waals surface area contributed by atoms with Crippen molar-refractivity contribution in [1.82, 2.24) is 0 Å². The normalized spacial score (nSPS) is 33.2. The molecule has 4 heteroatoms. The van der Waals surface area contributed by atoms with Crippen LogP contribution in [0.4, 0.5) is 4.39 Å². The molecular weight excluding hydrogens is 239 g/mol. The maximum absolute atomic E-state index is 12.9. The quantitative estimate of drug-likeness (QED) is 0.723. The first-order valence-electron chi connectivity index (χ1n) is 4.13. The second-order valence-corrected chi connectivity index (χ2v) is 3.60. The Morgan fingerprint density at radius 3 is 2.77 bits per heavy atom. The van der Waals surface area contributed by atoms with E-state index in [9.17, 15) is 9.18 Å². The summed E-state index contributed by atoms with van der Waals surface area (Å²) in [6.45, 7) is 0. The zero-order valence-electron chi connectivity index (χ0n) is 6.96. The number of aliphatic carboxylic acids is 1. The van der Waals surface area contributed by atoms with Crippen LogP contribution in [0.3, 0.4) is 0 Å². The predicted molar refractivity (Wildman–Crippen MR) is 50.1 cm³/mol. The van der Waals surface area contributed by atoms with Gasteiger partial charge in [-0.25, -0.2) is 4.39 Å². The Kier molecular flexibility index (Phi) is 3.73. The van der Waals surface area contributed by atoms with Gasteiger partial charge in [0.15, 0.2) is 0 Å². The van der Waals surface area contributed by atoms with E-state index in [1.807, 2.05) is 0 Å². The summed E-state index contributed by atoms with van der Waals surface area (Å²) in [7, 11) is 0. The van der Waals surface area contributed by atoms with E-state index in [0.29, 0.717) is 12.8 Å². The van der Waals surface area contributed by atoms with Crippen molar-refractivity contribution in [3.63, 3.8) is 0 Å². The minimum Gasteiger partial charge on any atom is -0.481 e. The molecule has 2 nitrogen and oxygen atoms in total. The van der Waals surface area contributed by atoms with E-state index in [0.717, 1.165) is 0 Å². The Morgan fingerprint density at radius 1 is 1.54 bits per heavy atom. The average molecular weight is 249 g/mol. The van der Waals surface area contributed by atoms with Gasteiger partial charge in [0.25, 0.3) is 0 Å². The standard InChI is InChI=1S/C9H10BrFO2/c10-4-3-6-5-7(11)1-2-8(6)9(12)13/h6-8H,1-2,5H2,(H,12,13). The summed E-state index contributed by atoms with van der Waals surface area (Å²) >= 11 is 2.90. The molecule has 0 heterocycles. The molecule has 1 aliphatic carbocycles. The van der Waals surface area contributed by atoms with E-state index in [1.54, 1.807) is 0 Å². The minimum atomic E-state index is -0.894. The summed E-state index contributed by atoms with van der Waals surface area (Å²) in [6, 6.07) is 0. The van der Waals surface area contributed by atoms with Crippen LogP contribution in [-0.4, -0.2) is 17.2 Å². The third-order valence-electron chi connectivity index (χ3n) is 2.34. The highest BCUT2D eigenvalue weighted by atomic mass is 79.9. The van der Waals surface area contributed by atoms with Crippen LogP contribution in [-0.2, 0) is 4.79 Å². The summed E-state index contributed by atoms with van der Waals surface area (Å²) in [5.74, 6) is 0.974. The zero-order chi connectivity index (χ0) is 9.84. The van der Waals surface area contributed by atoms with Gasteiger partial charge in [0.2, 0.25) is 0 Å². The van der Waals surface area contributed by atoms with Gasteiger partial charge in [0.1, 0.15) is 6.17 Å². The minimum absolute atomic E-state index is 0.246. The summed E-state index contributed by atoms with van der Waals surface area (Å²) in [4.78, 5) is 13.2. The van der Waals surface area contributed by atoms with Crippen LogP contribution in [0.1, 0.15) is 19.3 Å². The van der Waals surface area contributed by atoms with Crippen molar-refractivity contribution in [1.29, 1.82) is 0 Å². The van der Waals surface area contributed by atoms with Crippen LogP contribution < -0.4 is 0 Å². The highest BCUT2D eigenvalue weighted by Gasteiger charge is 2.33. The van der Waals surface area contributed by atoms with Crippen LogP contribution >= 0.6 is 15.9 Å². The number of carbonyl (C=O) groups is 1. The average Bonchev–Trinajstić information content (AvgIpc) is 2.04. The molecule has 1 aliphatic rings. The van der Waals surface area contributed by atoms with Crippen molar-refractivity contribution < 1.29 is 14.3 Å². The molecule has 3 atom stereocenters. The van der Waals surface area contributed by atoms with Gasteiger partial charge in [-0.3, -0.25) is 4.79 Å². The Labute approximate surface area is 84.6 Å². The molecule has 13 heavy (non-hydrogen) atoms. The van der Waals surface area contributed by atoms with Gasteiger partial charge < -0.3 is 5.11 Å². The van der Waals surface area contributed by atoms with Crippen molar-refractivity contribution in [2.45, 2.75) is 25.4 Å². The number of halogens is 2. The third-order valence-corrected chi connectivity index (χ3v) is 2.57. The molecule has 0 bridgehead atoms. The highest BCUT2D eigenvalue weighted by molar-refractivity contribution is 9.12. The maximum atomic E-state index is 12.9. The number of hydrogen-bond donors (Lipinski definition) is 1. The van der Waals surface area contributed by atoms with Gasteiger partial charge in [-0.05, 0) is 24.1 Å². The van der Waals surface area contributed by atoms with Crippen molar-refractivity contribution in [2.75, 3.05) is 0 Å². The van der Waals surface area contributed by atoms with E-state index in [4.69, 9.17) is 5.11 Å². The molecular formula is C9H10BrFO2. The van der Waals surface area contributed by atoms with E-state index in [2.05, 4.69) is 26.7 Å². The van der Waals surface area contributed by atoms with E-state index in [-0.39, 0.29) is 12.3 Å². The molecule has 72 valence electrons. The van der Waals surface area contributed by atoms with Gasteiger partial charge in [-0.15, -0.1) is 0 Å². The fourth-order valence-electron chi connectivity index (χ4n) is 1.64. The number of rotatable bonds is 1. The van der Waals surface area contributed by atoms with Crippen molar-refractivity contribution in [2.24, 2.45) is 11.8 Å². The van der Waals surface area contributed by atoms with E-state index >= 15 is 0 Å². The Morgan fingerprint density at radius 2 is 2.23 bits per heavy atom. The molecule has 0 aliphatic heterocycles. The lowest BCUT2D eigenvalue weighted by Crippen LogP contribution is -2.30. The topological polar surface area (TPSA) is 37.3 Å². The lowest BCUT2D eigenvalue weighted by Gasteiger charge is -2.26. The van der Waals surface area contributed by atoms with Gasteiger partial charge >= 0.3 is 5.97 Å². The first-order valence-corrected chi connectivity index (χ1v) is 4.92. The number of hydrogen-bond acceptors (Lipinski definition) is 1. The molecule has 0 saturated heterocycles. The summed E-state index contributed by atoms with van der Waals surface area (Å²) in [6.07, 6.45) is 0.0875. The van der Waals surface area contributed by atoms with Crippen LogP contribution in [0.15, 0.2) is 0 Å². The molecule has 0 aromatic carbocycles. The first-order chi connectivity index (χ1) is 6.15.